The molecule has 192 valence electrons. The molecule has 0 atom stereocenters. The first kappa shape index (κ1) is 27.7. The highest BCUT2D eigenvalue weighted by molar-refractivity contribution is 7.89. The summed E-state index contributed by atoms with van der Waals surface area (Å²) in [5.74, 6) is -0.284. The Balaban J connectivity index is 1.94. The zero-order valence-electron chi connectivity index (χ0n) is 21.1. The van der Waals surface area contributed by atoms with Gasteiger partial charge in [0.2, 0.25) is 15.9 Å². The van der Waals surface area contributed by atoms with E-state index in [9.17, 15) is 13.2 Å². The Labute approximate surface area is 222 Å². The number of nitrogens with one attached hydrogen (secondary N) is 4. The van der Waals surface area contributed by atoms with Crippen LogP contribution < -0.4 is 20.7 Å². The second-order valence-electron chi connectivity index (χ2n) is 9.61. The van der Waals surface area contributed by atoms with Crippen LogP contribution >= 0.6 is 23.6 Å². The third kappa shape index (κ3) is 7.57. The summed E-state index contributed by atoms with van der Waals surface area (Å²) < 4.78 is 29.3. The molecule has 0 aliphatic heterocycles. The second kappa shape index (κ2) is 11.0. The van der Waals surface area contributed by atoms with Crippen LogP contribution in [0.25, 0.3) is 21.0 Å². The highest BCUT2D eigenvalue weighted by atomic mass is 32.2. The summed E-state index contributed by atoms with van der Waals surface area (Å²) in [7, 11) is -3.89. The van der Waals surface area contributed by atoms with Crippen molar-refractivity contribution in [2.75, 3.05) is 10.6 Å². The average molecular weight is 546 g/mol. The van der Waals surface area contributed by atoms with E-state index in [0.29, 0.717) is 21.2 Å². The molecule has 1 amide bonds. The lowest BCUT2D eigenvalue weighted by atomic mass is 10.1. The molecule has 0 spiro atoms. The second-order valence-corrected chi connectivity index (χ2v) is 12.7. The molecule has 1 aromatic heterocycles. The van der Waals surface area contributed by atoms with Gasteiger partial charge in [-0.25, -0.2) is 18.1 Å². The Morgan fingerprint density at radius 2 is 1.67 bits per heavy atom. The van der Waals surface area contributed by atoms with Crippen LogP contribution in [-0.2, 0) is 14.8 Å². The van der Waals surface area contributed by atoms with Crippen LogP contribution in [0.4, 0.5) is 11.4 Å². The van der Waals surface area contributed by atoms with Gasteiger partial charge < -0.3 is 16.0 Å². The summed E-state index contributed by atoms with van der Waals surface area (Å²) in [6.45, 7) is 10.7. The molecule has 0 aliphatic carbocycles. The summed E-state index contributed by atoms with van der Waals surface area (Å²) in [6, 6.07) is 12.8. The number of nitrogens with zero attached hydrogens (tertiary/aromatic N) is 1. The van der Waals surface area contributed by atoms with Crippen molar-refractivity contribution in [2.45, 2.75) is 58.0 Å². The molecular weight excluding hydrogens is 515 g/mol. The smallest absolute Gasteiger partial charge is 0.241 e. The lowest BCUT2D eigenvalue weighted by molar-refractivity contribution is -0.114. The van der Waals surface area contributed by atoms with Crippen LogP contribution in [0.3, 0.4) is 0 Å². The Bertz CT molecular complexity index is 1360. The number of aromatic nitrogens is 1. The first-order chi connectivity index (χ1) is 16.7. The third-order valence-corrected chi connectivity index (χ3v) is 7.71. The van der Waals surface area contributed by atoms with E-state index in [1.54, 1.807) is 39.1 Å². The van der Waals surface area contributed by atoms with E-state index in [0.717, 1.165) is 16.3 Å². The predicted octanol–water partition coefficient (Wildman–Crippen LogP) is 5.21. The number of hydrogen-bond donors (Lipinski definition) is 4. The number of anilines is 2. The number of carbonyl (C=O) groups excluding carboxylic acids is 1. The number of rotatable bonds is 7. The van der Waals surface area contributed by atoms with E-state index in [1.807, 2.05) is 38.1 Å². The maximum atomic E-state index is 13.3. The van der Waals surface area contributed by atoms with Gasteiger partial charge in [0.05, 0.1) is 9.77 Å². The molecule has 0 unspecified atom stereocenters. The van der Waals surface area contributed by atoms with E-state index in [-0.39, 0.29) is 16.8 Å². The van der Waals surface area contributed by atoms with E-state index in [1.165, 1.54) is 24.3 Å². The van der Waals surface area contributed by atoms with Gasteiger partial charge in [0.25, 0.3) is 0 Å². The van der Waals surface area contributed by atoms with Crippen molar-refractivity contribution in [1.29, 1.82) is 0 Å². The molecule has 36 heavy (non-hydrogen) atoms. The number of carbonyl (C=O) groups is 1. The summed E-state index contributed by atoms with van der Waals surface area (Å²) in [6.07, 6.45) is 1.66. The van der Waals surface area contributed by atoms with Crippen molar-refractivity contribution in [2.24, 2.45) is 0 Å². The van der Waals surface area contributed by atoms with Crippen LogP contribution in [0, 0.1) is 0 Å². The number of hydrogen-bond acceptors (Lipinski definition) is 6. The SMILES string of the molecule is CC(=O)Nc1ccc(-c2cnc(-c3ccc(NC(=S)NC(C)C)cc3)s2)c(S(=O)(=O)NC(C)(C)C)c1. The maximum Gasteiger partial charge on any atom is 0.241 e. The minimum absolute atomic E-state index is 0.0737. The van der Waals surface area contributed by atoms with Gasteiger partial charge in [0.15, 0.2) is 5.11 Å². The zero-order valence-corrected chi connectivity index (χ0v) is 23.5. The van der Waals surface area contributed by atoms with Crippen molar-refractivity contribution in [3.05, 3.63) is 48.7 Å². The lowest BCUT2D eigenvalue weighted by Crippen LogP contribution is -2.40. The monoisotopic (exact) mass is 545 g/mol. The standard InChI is InChI=1S/C25H31N5O3S3/c1-15(2)27-24(34)29-18-9-7-17(8-10-18)23-26-14-21(35-23)20-12-11-19(28-16(3)31)13-22(20)36(32,33)30-25(4,5)6/h7-15,30H,1-6H3,(H,28,31)(H2,27,29,34). The summed E-state index contributed by atoms with van der Waals surface area (Å²) >= 11 is 6.68. The molecule has 1 heterocycles. The summed E-state index contributed by atoms with van der Waals surface area (Å²) in [5, 5.41) is 10.2. The fourth-order valence-electron chi connectivity index (χ4n) is 3.34. The van der Waals surface area contributed by atoms with E-state index >= 15 is 0 Å². The lowest BCUT2D eigenvalue weighted by Gasteiger charge is -2.22. The molecular formula is C25H31N5O3S3. The minimum Gasteiger partial charge on any atom is -0.360 e. The Morgan fingerprint density at radius 1 is 1.03 bits per heavy atom. The number of thiocarbonyl (C=S) groups is 1. The molecule has 3 aromatic rings. The topological polar surface area (TPSA) is 112 Å². The quantitative estimate of drug-likeness (QED) is 0.302. The Kier molecular flexibility index (Phi) is 8.50. The van der Waals surface area contributed by atoms with Gasteiger partial charge >= 0.3 is 0 Å². The van der Waals surface area contributed by atoms with Crippen LogP contribution in [0.5, 0.6) is 0 Å². The van der Waals surface area contributed by atoms with Crippen molar-refractivity contribution in [1.82, 2.24) is 15.0 Å². The van der Waals surface area contributed by atoms with Gasteiger partial charge in [-0.15, -0.1) is 11.3 Å². The van der Waals surface area contributed by atoms with E-state index in [4.69, 9.17) is 12.2 Å². The molecule has 0 saturated carbocycles. The van der Waals surface area contributed by atoms with Gasteiger partial charge in [0.1, 0.15) is 5.01 Å². The van der Waals surface area contributed by atoms with Gasteiger partial charge in [-0.2, -0.15) is 0 Å². The van der Waals surface area contributed by atoms with E-state index < -0.39 is 15.6 Å². The molecule has 0 saturated heterocycles. The van der Waals surface area contributed by atoms with Crippen molar-refractivity contribution in [3.63, 3.8) is 0 Å². The van der Waals surface area contributed by atoms with Gasteiger partial charge in [-0.3, -0.25) is 4.79 Å². The molecule has 11 heteroatoms. The average Bonchev–Trinajstić information content (AvgIpc) is 3.21. The van der Waals surface area contributed by atoms with Gasteiger partial charge in [0, 0.05) is 47.2 Å². The Hall–Kier alpha value is -2.86. The van der Waals surface area contributed by atoms with Crippen molar-refractivity contribution >= 4 is 56.0 Å². The van der Waals surface area contributed by atoms with Crippen molar-refractivity contribution < 1.29 is 13.2 Å². The van der Waals surface area contributed by atoms with Crippen LogP contribution in [0.1, 0.15) is 41.5 Å². The molecule has 3 rings (SSSR count). The normalized spacial score (nSPS) is 11.9. The summed E-state index contributed by atoms with van der Waals surface area (Å²) in [4.78, 5) is 16.9. The minimum atomic E-state index is -3.89. The first-order valence-electron chi connectivity index (χ1n) is 11.3. The molecule has 0 fully saturated rings. The predicted molar refractivity (Wildman–Crippen MR) is 152 cm³/mol. The molecule has 0 bridgehead atoms. The number of benzene rings is 2. The van der Waals surface area contributed by atoms with Crippen LogP contribution in [0.15, 0.2) is 53.6 Å². The maximum absolute atomic E-state index is 13.3. The molecule has 0 aliphatic rings. The highest BCUT2D eigenvalue weighted by Gasteiger charge is 2.26. The number of sulfonamides is 1. The largest absolute Gasteiger partial charge is 0.360 e. The third-order valence-electron chi connectivity index (χ3n) is 4.61. The van der Waals surface area contributed by atoms with Crippen molar-refractivity contribution in [3.8, 4) is 21.0 Å². The highest BCUT2D eigenvalue weighted by Crippen LogP contribution is 2.37. The molecule has 2 aromatic carbocycles. The van der Waals surface area contributed by atoms with Gasteiger partial charge in [-0.1, -0.05) is 6.07 Å². The fourth-order valence-corrected chi connectivity index (χ4v) is 6.39. The number of thiazole rings is 1. The van der Waals surface area contributed by atoms with E-state index in [2.05, 4.69) is 25.7 Å². The zero-order chi connectivity index (χ0) is 26.7. The van der Waals surface area contributed by atoms with Gasteiger partial charge in [-0.05, 0) is 83.2 Å². The molecule has 4 N–H and O–H groups in total. The molecule has 8 nitrogen and oxygen atoms in total. The molecule has 0 radical (unpaired) electrons. The number of amides is 1. The Morgan fingerprint density at radius 3 is 2.25 bits per heavy atom. The van der Waals surface area contributed by atoms with Crippen LogP contribution in [0.2, 0.25) is 0 Å². The van der Waals surface area contributed by atoms with Crippen LogP contribution in [-0.4, -0.2) is 36.0 Å². The fraction of sp³-hybridized carbons (Fsp3) is 0.320. The first-order valence-corrected chi connectivity index (χ1v) is 14.0. The summed E-state index contributed by atoms with van der Waals surface area (Å²) in [5.41, 5.74) is 1.98.